The molecule has 6 nitrogen and oxygen atoms in total. The molecule has 8 heteroatoms. The molecule has 2 aromatic rings. The van der Waals surface area contributed by atoms with E-state index >= 15 is 0 Å². The van der Waals surface area contributed by atoms with Crippen molar-refractivity contribution in [1.29, 1.82) is 0 Å². The predicted octanol–water partition coefficient (Wildman–Crippen LogP) is 3.21. The lowest BCUT2D eigenvalue weighted by molar-refractivity contribution is 0.259. The first-order valence-corrected chi connectivity index (χ1v) is 12.4. The number of primary amides is 1. The Kier molecular flexibility index (Phi) is 6.65. The van der Waals surface area contributed by atoms with Crippen LogP contribution < -0.4 is 21.5 Å². The number of rotatable bonds is 5. The number of hydrogen-bond acceptors (Lipinski definition) is 3. The largest absolute Gasteiger partial charge is 0.351 e. The zero-order chi connectivity index (χ0) is 22.9. The highest BCUT2D eigenvalue weighted by Gasteiger charge is 2.43. The molecular weight excluding hydrogens is 427 g/mol. The van der Waals surface area contributed by atoms with Crippen molar-refractivity contribution in [3.63, 3.8) is 0 Å². The van der Waals surface area contributed by atoms with Crippen molar-refractivity contribution in [2.75, 3.05) is 18.9 Å². The fourth-order valence-corrected chi connectivity index (χ4v) is 5.59. The summed E-state index contributed by atoms with van der Waals surface area (Å²) in [5, 5.41) is 11.1. The number of carbonyl (C=O) groups excluding carboxylic acids is 1. The fourth-order valence-electron chi connectivity index (χ4n) is 5.14. The summed E-state index contributed by atoms with van der Waals surface area (Å²) in [4.78, 5) is 11.2. The molecule has 0 aromatic heterocycles. The molecule has 0 heterocycles. The van der Waals surface area contributed by atoms with Gasteiger partial charge in [0, 0.05) is 17.6 Å². The number of halogens is 1. The Hall–Kier alpha value is -2.29. The molecule has 5 rings (SSSR count). The Bertz CT molecular complexity index is 1040. The average molecular weight is 459 g/mol. The van der Waals surface area contributed by atoms with Gasteiger partial charge in [-0.1, -0.05) is 12.1 Å². The van der Waals surface area contributed by atoms with E-state index < -0.39 is 22.8 Å². The van der Waals surface area contributed by atoms with Crippen LogP contribution in [0.4, 0.5) is 14.9 Å². The third kappa shape index (κ3) is 4.58. The van der Waals surface area contributed by atoms with Gasteiger partial charge in [0.05, 0.1) is 4.90 Å². The molecule has 3 aliphatic rings. The Morgan fingerprint density at radius 3 is 2.19 bits per heavy atom. The standard InChI is InChI=1S/C13H16N2O.C11H15FN2OS/c14-13(16)15-12-10-5-1-3-8(10)7-9-4-2-6-11(9)12;1-14-7-11(4-5-11)8-2-3-10(16(13)15)9(12)6-8/h7H,1-6H2,(H3,14,15,16);2-3,6,14H,4-5,7,13H2,1H3. The number of urea groups is 1. The van der Waals surface area contributed by atoms with Gasteiger partial charge in [0.2, 0.25) is 0 Å². The predicted molar refractivity (Wildman–Crippen MR) is 126 cm³/mol. The van der Waals surface area contributed by atoms with Gasteiger partial charge in [-0.25, -0.2) is 18.5 Å². The normalized spacial score (nSPS) is 18.2. The number of nitrogens with two attached hydrogens (primary N) is 2. The quantitative estimate of drug-likeness (QED) is 0.552. The molecule has 1 atom stereocenters. The SMILES string of the molecule is CNCC1(c2ccc(S(N)=O)c(F)c2)CC1.NC(=O)Nc1c2c(cc3c1CCC3)CCC2. The summed E-state index contributed by atoms with van der Waals surface area (Å²) in [6.07, 6.45) is 9.00. The Morgan fingerprint density at radius 1 is 1.09 bits per heavy atom. The summed E-state index contributed by atoms with van der Waals surface area (Å²) in [6.45, 7) is 0.845. The number of fused-ring (bicyclic) bond motifs is 2. The molecule has 0 aliphatic heterocycles. The van der Waals surface area contributed by atoms with E-state index in [0.717, 1.165) is 56.3 Å². The second-order valence-corrected chi connectivity index (χ2v) is 10.0. The van der Waals surface area contributed by atoms with Crippen molar-refractivity contribution in [1.82, 2.24) is 5.32 Å². The van der Waals surface area contributed by atoms with Crippen LogP contribution in [0.5, 0.6) is 0 Å². The topological polar surface area (TPSA) is 110 Å². The molecule has 1 saturated carbocycles. The molecule has 2 aromatic carbocycles. The van der Waals surface area contributed by atoms with Crippen LogP contribution in [0.3, 0.4) is 0 Å². The van der Waals surface area contributed by atoms with Crippen molar-refractivity contribution in [3.05, 3.63) is 57.9 Å². The summed E-state index contributed by atoms with van der Waals surface area (Å²) in [7, 11) is 0.139. The van der Waals surface area contributed by atoms with E-state index in [-0.39, 0.29) is 10.3 Å². The van der Waals surface area contributed by atoms with Crippen molar-refractivity contribution >= 4 is 22.7 Å². The minimum absolute atomic E-state index is 0.0732. The van der Waals surface area contributed by atoms with Gasteiger partial charge in [0.15, 0.2) is 0 Å². The minimum atomic E-state index is -1.75. The molecule has 3 aliphatic carbocycles. The number of nitrogens with one attached hydrogen (secondary N) is 2. The molecule has 2 amide bonds. The van der Waals surface area contributed by atoms with Crippen molar-refractivity contribution in [2.45, 2.75) is 61.7 Å². The number of amides is 2. The molecule has 0 bridgehead atoms. The van der Waals surface area contributed by atoms with E-state index in [4.69, 9.17) is 10.9 Å². The van der Waals surface area contributed by atoms with Gasteiger partial charge in [-0.05, 0) is 98.4 Å². The maximum atomic E-state index is 13.6. The molecule has 0 saturated heterocycles. The fraction of sp³-hybridized carbons (Fsp3) is 0.458. The third-order valence-electron chi connectivity index (χ3n) is 6.85. The van der Waals surface area contributed by atoms with Gasteiger partial charge < -0.3 is 16.4 Å². The molecule has 6 N–H and O–H groups in total. The van der Waals surface area contributed by atoms with Gasteiger partial charge in [-0.3, -0.25) is 0 Å². The van der Waals surface area contributed by atoms with Crippen LogP contribution in [0.1, 0.15) is 53.5 Å². The summed E-state index contributed by atoms with van der Waals surface area (Å²) >= 11 is 0. The zero-order valence-corrected chi connectivity index (χ0v) is 19.2. The van der Waals surface area contributed by atoms with Crippen molar-refractivity contribution in [3.8, 4) is 0 Å². The smallest absolute Gasteiger partial charge is 0.316 e. The first-order chi connectivity index (χ1) is 15.3. The molecule has 1 fully saturated rings. The Labute approximate surface area is 190 Å². The lowest BCUT2D eigenvalue weighted by Crippen LogP contribution is -2.23. The number of likely N-dealkylation sites (N-methyl/N-ethyl adjacent to an activating group) is 1. The van der Waals surface area contributed by atoms with Crippen LogP contribution in [0, 0.1) is 5.82 Å². The van der Waals surface area contributed by atoms with Crippen molar-refractivity contribution < 1.29 is 13.4 Å². The van der Waals surface area contributed by atoms with Crippen LogP contribution in [0.2, 0.25) is 0 Å². The maximum Gasteiger partial charge on any atom is 0.316 e. The first kappa shape index (κ1) is 22.9. The molecule has 32 heavy (non-hydrogen) atoms. The third-order valence-corrected chi connectivity index (χ3v) is 7.62. The van der Waals surface area contributed by atoms with Crippen LogP contribution >= 0.6 is 0 Å². The minimum Gasteiger partial charge on any atom is -0.351 e. The molecule has 0 spiro atoms. The lowest BCUT2D eigenvalue weighted by Gasteiger charge is -2.15. The van der Waals surface area contributed by atoms with Gasteiger partial charge in [0.1, 0.15) is 16.8 Å². The second kappa shape index (κ2) is 9.29. The molecular formula is C24H31FN4O2S. The average Bonchev–Trinajstić information content (AvgIpc) is 3.15. The van der Waals surface area contributed by atoms with Crippen LogP contribution in [0.25, 0.3) is 0 Å². The maximum absolute atomic E-state index is 13.6. The van der Waals surface area contributed by atoms with Gasteiger partial charge in [-0.2, -0.15) is 0 Å². The highest BCUT2D eigenvalue weighted by atomic mass is 32.2. The van der Waals surface area contributed by atoms with Crippen LogP contribution in [-0.4, -0.2) is 23.8 Å². The number of hydrogen-bond donors (Lipinski definition) is 4. The van der Waals surface area contributed by atoms with Gasteiger partial charge in [-0.15, -0.1) is 0 Å². The lowest BCUT2D eigenvalue weighted by atomic mass is 9.96. The van der Waals surface area contributed by atoms with E-state index in [2.05, 4.69) is 16.7 Å². The van der Waals surface area contributed by atoms with E-state index in [9.17, 15) is 13.4 Å². The van der Waals surface area contributed by atoms with Gasteiger partial charge >= 0.3 is 6.03 Å². The van der Waals surface area contributed by atoms with E-state index in [1.807, 2.05) is 13.1 Å². The molecule has 172 valence electrons. The highest BCUT2D eigenvalue weighted by Crippen LogP contribution is 2.47. The molecule has 1 unspecified atom stereocenters. The summed E-state index contributed by atoms with van der Waals surface area (Å²) in [5.41, 5.74) is 12.8. The Balaban J connectivity index is 0.000000153. The number of anilines is 1. The van der Waals surface area contributed by atoms with E-state index in [0.29, 0.717) is 0 Å². The highest BCUT2D eigenvalue weighted by molar-refractivity contribution is 7.82. The summed E-state index contributed by atoms with van der Waals surface area (Å²) < 4.78 is 24.6. The Morgan fingerprint density at radius 2 is 1.72 bits per heavy atom. The second-order valence-electron chi connectivity index (χ2n) is 8.98. The monoisotopic (exact) mass is 458 g/mol. The summed E-state index contributed by atoms with van der Waals surface area (Å²) in [5.74, 6) is -0.472. The number of aryl methyl sites for hydroxylation is 2. The first-order valence-electron chi connectivity index (χ1n) is 11.2. The van der Waals surface area contributed by atoms with Crippen LogP contribution in [0.15, 0.2) is 29.2 Å². The van der Waals surface area contributed by atoms with Crippen LogP contribution in [-0.2, 0) is 42.1 Å². The van der Waals surface area contributed by atoms with E-state index in [1.165, 1.54) is 47.2 Å². The van der Waals surface area contributed by atoms with Gasteiger partial charge in [0.25, 0.3) is 0 Å². The number of carbonyl (C=O) groups is 1. The summed E-state index contributed by atoms with van der Waals surface area (Å²) in [6, 6.07) is 6.72. The van der Waals surface area contributed by atoms with Crippen molar-refractivity contribution in [2.24, 2.45) is 10.9 Å². The van der Waals surface area contributed by atoms with E-state index in [1.54, 1.807) is 0 Å². The zero-order valence-electron chi connectivity index (χ0n) is 18.4. The number of benzene rings is 2. The molecule has 0 radical (unpaired) electrons.